The molecule has 1 aromatic rings. The summed E-state index contributed by atoms with van der Waals surface area (Å²) in [5, 5.41) is 9.24. The minimum absolute atomic E-state index is 0.202. The lowest BCUT2D eigenvalue weighted by Crippen LogP contribution is -2.35. The van der Waals surface area contributed by atoms with E-state index in [9.17, 15) is 9.90 Å². The zero-order valence-electron chi connectivity index (χ0n) is 11.1. The highest BCUT2D eigenvalue weighted by atomic mass is 16.4. The highest BCUT2D eigenvalue weighted by Gasteiger charge is 2.31. The number of hydrogen-bond donors (Lipinski definition) is 1. The average Bonchev–Trinajstić information content (AvgIpc) is 2.77. The molecule has 98 valence electrons. The molecule has 2 heterocycles. The van der Waals surface area contributed by atoms with Crippen molar-refractivity contribution in [1.29, 1.82) is 0 Å². The molecule has 0 aliphatic carbocycles. The average molecular weight is 249 g/mol. The number of aromatic nitrogens is 2. The van der Waals surface area contributed by atoms with E-state index in [2.05, 4.69) is 28.7 Å². The van der Waals surface area contributed by atoms with Gasteiger partial charge in [0.05, 0.1) is 0 Å². The molecule has 18 heavy (non-hydrogen) atoms. The number of carboxylic acids is 1. The molecule has 0 spiro atoms. The fourth-order valence-electron chi connectivity index (χ4n) is 2.58. The summed E-state index contributed by atoms with van der Waals surface area (Å²) in [5.74, 6) is 0.722. The smallest absolute Gasteiger partial charge is 0.341 e. The van der Waals surface area contributed by atoms with Gasteiger partial charge >= 0.3 is 5.97 Å². The number of carbonyl (C=O) groups is 1. The van der Waals surface area contributed by atoms with Gasteiger partial charge in [0.2, 0.25) is 0 Å². The second kappa shape index (κ2) is 4.92. The van der Waals surface area contributed by atoms with E-state index in [1.54, 1.807) is 6.92 Å². The highest BCUT2D eigenvalue weighted by molar-refractivity contribution is 5.93. The SMILES string of the molecule is Cc1ncc(C(=O)O)c(N2CCCC2C(C)C)n1. The Hall–Kier alpha value is -1.65. The molecule has 1 atom stereocenters. The zero-order chi connectivity index (χ0) is 13.3. The molecule has 0 amide bonds. The molecular formula is C13H19N3O2. The normalized spacial score (nSPS) is 19.6. The Morgan fingerprint density at radius 3 is 2.89 bits per heavy atom. The number of anilines is 1. The monoisotopic (exact) mass is 249 g/mol. The molecular weight excluding hydrogens is 230 g/mol. The van der Waals surface area contributed by atoms with Gasteiger partial charge in [-0.25, -0.2) is 14.8 Å². The molecule has 2 rings (SSSR count). The summed E-state index contributed by atoms with van der Waals surface area (Å²) < 4.78 is 0. The number of hydrogen-bond acceptors (Lipinski definition) is 4. The van der Waals surface area contributed by atoms with Crippen molar-refractivity contribution in [2.45, 2.75) is 39.7 Å². The molecule has 1 unspecified atom stereocenters. The Labute approximate surface area is 107 Å². The molecule has 1 fully saturated rings. The lowest BCUT2D eigenvalue weighted by molar-refractivity contribution is 0.0696. The number of aryl methyl sites for hydroxylation is 1. The van der Waals surface area contributed by atoms with Crippen molar-refractivity contribution in [3.63, 3.8) is 0 Å². The summed E-state index contributed by atoms with van der Waals surface area (Å²) in [6, 6.07) is 0.373. The van der Waals surface area contributed by atoms with Gasteiger partial charge < -0.3 is 10.0 Å². The fourth-order valence-corrected chi connectivity index (χ4v) is 2.58. The Balaban J connectivity index is 2.42. The van der Waals surface area contributed by atoms with Gasteiger partial charge in [0.25, 0.3) is 0 Å². The van der Waals surface area contributed by atoms with Crippen LogP contribution in [0.1, 0.15) is 42.9 Å². The third-order valence-corrected chi connectivity index (χ3v) is 3.46. The molecule has 1 aliphatic rings. The first-order valence-electron chi connectivity index (χ1n) is 6.34. The Bertz CT molecular complexity index is 460. The number of rotatable bonds is 3. The maximum absolute atomic E-state index is 11.3. The van der Waals surface area contributed by atoms with Crippen molar-refractivity contribution in [2.24, 2.45) is 5.92 Å². The maximum Gasteiger partial charge on any atom is 0.341 e. The quantitative estimate of drug-likeness (QED) is 0.888. The predicted molar refractivity (Wildman–Crippen MR) is 68.9 cm³/mol. The molecule has 0 aromatic carbocycles. The molecule has 5 heteroatoms. The topological polar surface area (TPSA) is 66.3 Å². The van der Waals surface area contributed by atoms with E-state index in [0.717, 1.165) is 19.4 Å². The summed E-state index contributed by atoms with van der Waals surface area (Å²) >= 11 is 0. The van der Waals surface area contributed by atoms with E-state index in [-0.39, 0.29) is 5.56 Å². The molecule has 1 N–H and O–H groups in total. The molecule has 1 aliphatic heterocycles. The van der Waals surface area contributed by atoms with Gasteiger partial charge in [0.15, 0.2) is 0 Å². The van der Waals surface area contributed by atoms with Crippen LogP contribution in [0.2, 0.25) is 0 Å². The minimum atomic E-state index is -0.959. The summed E-state index contributed by atoms with van der Waals surface area (Å²) in [5.41, 5.74) is 0.202. The van der Waals surface area contributed by atoms with Crippen LogP contribution in [-0.4, -0.2) is 33.6 Å². The Morgan fingerprint density at radius 1 is 1.56 bits per heavy atom. The molecule has 0 saturated carbocycles. The van der Waals surface area contributed by atoms with Gasteiger partial charge in [0, 0.05) is 18.8 Å². The van der Waals surface area contributed by atoms with E-state index < -0.39 is 5.97 Å². The third kappa shape index (κ3) is 2.30. The predicted octanol–water partition coefficient (Wildman–Crippen LogP) is 2.11. The van der Waals surface area contributed by atoms with Crippen LogP contribution in [0.25, 0.3) is 0 Å². The van der Waals surface area contributed by atoms with Gasteiger partial charge in [-0.05, 0) is 25.7 Å². The summed E-state index contributed by atoms with van der Waals surface area (Å²) in [7, 11) is 0. The Morgan fingerprint density at radius 2 is 2.28 bits per heavy atom. The number of nitrogens with zero attached hydrogens (tertiary/aromatic N) is 3. The largest absolute Gasteiger partial charge is 0.477 e. The molecule has 0 bridgehead atoms. The summed E-state index contributed by atoms with van der Waals surface area (Å²) in [6.07, 6.45) is 3.60. The van der Waals surface area contributed by atoms with Gasteiger partial charge in [-0.3, -0.25) is 0 Å². The van der Waals surface area contributed by atoms with E-state index >= 15 is 0 Å². The first-order valence-corrected chi connectivity index (χ1v) is 6.34. The molecule has 1 aromatic heterocycles. The number of aromatic carboxylic acids is 1. The number of carboxylic acid groups (broad SMARTS) is 1. The van der Waals surface area contributed by atoms with Gasteiger partial charge in [-0.2, -0.15) is 0 Å². The Kier molecular flexibility index (Phi) is 3.50. The minimum Gasteiger partial charge on any atom is -0.477 e. The standard InChI is InChI=1S/C13H19N3O2/c1-8(2)11-5-4-6-16(11)12-10(13(17)18)7-14-9(3)15-12/h7-8,11H,4-6H2,1-3H3,(H,17,18). The second-order valence-electron chi connectivity index (χ2n) is 5.11. The molecule has 1 saturated heterocycles. The highest BCUT2D eigenvalue weighted by Crippen LogP contribution is 2.30. The lowest BCUT2D eigenvalue weighted by atomic mass is 10.0. The lowest BCUT2D eigenvalue weighted by Gasteiger charge is -2.29. The van der Waals surface area contributed by atoms with E-state index in [1.165, 1.54) is 6.20 Å². The van der Waals surface area contributed by atoms with Crippen molar-refractivity contribution in [3.8, 4) is 0 Å². The van der Waals surface area contributed by atoms with Crippen LogP contribution in [0, 0.1) is 12.8 Å². The van der Waals surface area contributed by atoms with Gasteiger partial charge in [-0.1, -0.05) is 13.8 Å². The van der Waals surface area contributed by atoms with Crippen LogP contribution >= 0.6 is 0 Å². The van der Waals surface area contributed by atoms with E-state index in [4.69, 9.17) is 0 Å². The fraction of sp³-hybridized carbons (Fsp3) is 0.615. The first-order chi connectivity index (χ1) is 8.50. The maximum atomic E-state index is 11.3. The molecule has 0 radical (unpaired) electrons. The second-order valence-corrected chi connectivity index (χ2v) is 5.11. The van der Waals surface area contributed by atoms with Crippen molar-refractivity contribution in [3.05, 3.63) is 17.6 Å². The van der Waals surface area contributed by atoms with Crippen LogP contribution in [0.15, 0.2) is 6.20 Å². The van der Waals surface area contributed by atoms with Crippen LogP contribution in [0.5, 0.6) is 0 Å². The summed E-state index contributed by atoms with van der Waals surface area (Å²) in [4.78, 5) is 21.7. The van der Waals surface area contributed by atoms with Gasteiger partial charge in [-0.15, -0.1) is 0 Å². The van der Waals surface area contributed by atoms with Crippen LogP contribution in [0.3, 0.4) is 0 Å². The first kappa shape index (κ1) is 12.8. The van der Waals surface area contributed by atoms with Crippen molar-refractivity contribution in [1.82, 2.24) is 9.97 Å². The van der Waals surface area contributed by atoms with Crippen LogP contribution in [0.4, 0.5) is 5.82 Å². The third-order valence-electron chi connectivity index (χ3n) is 3.46. The van der Waals surface area contributed by atoms with Crippen molar-refractivity contribution < 1.29 is 9.90 Å². The van der Waals surface area contributed by atoms with E-state index in [1.807, 2.05) is 0 Å². The van der Waals surface area contributed by atoms with Crippen LogP contribution in [-0.2, 0) is 0 Å². The van der Waals surface area contributed by atoms with Crippen LogP contribution < -0.4 is 4.90 Å². The van der Waals surface area contributed by atoms with Crippen molar-refractivity contribution >= 4 is 11.8 Å². The molecule has 5 nitrogen and oxygen atoms in total. The van der Waals surface area contributed by atoms with Crippen molar-refractivity contribution in [2.75, 3.05) is 11.4 Å². The van der Waals surface area contributed by atoms with E-state index in [0.29, 0.717) is 23.6 Å². The summed E-state index contributed by atoms with van der Waals surface area (Å²) in [6.45, 7) is 6.99. The zero-order valence-corrected chi connectivity index (χ0v) is 11.1. The van der Waals surface area contributed by atoms with Gasteiger partial charge in [0.1, 0.15) is 17.2 Å².